The lowest BCUT2D eigenvalue weighted by Crippen LogP contribution is -2.30. The Morgan fingerprint density at radius 2 is 1.28 bits per heavy atom. The zero-order valence-corrected chi connectivity index (χ0v) is 12.2. The summed E-state index contributed by atoms with van der Waals surface area (Å²) in [4.78, 5) is 0. The number of aliphatic hydroxyl groups is 1. The first kappa shape index (κ1) is 13.1. The smallest absolute Gasteiger partial charge is 0.0838 e. The highest BCUT2D eigenvalue weighted by atomic mass is 28.3. The number of benzene rings is 2. The van der Waals surface area contributed by atoms with E-state index in [1.54, 1.807) is 0 Å². The Balaban J connectivity index is 2.26. The average Bonchev–Trinajstić information content (AvgIpc) is 2.38. The standard InChI is InChI=1S/C16H20OSi/c1-18(2,3)16(17)15-11-9-14(10-12-15)13-7-5-4-6-8-13/h4-12,16-17H,1-3H3/t16-/m0/s1. The number of rotatable bonds is 3. The fourth-order valence-electron chi connectivity index (χ4n) is 1.99. The first-order valence-corrected chi connectivity index (χ1v) is 9.89. The summed E-state index contributed by atoms with van der Waals surface area (Å²) in [7, 11) is -1.54. The molecule has 0 saturated carbocycles. The first-order valence-electron chi connectivity index (χ1n) is 6.32. The minimum Gasteiger partial charge on any atom is -0.392 e. The molecule has 2 aromatic rings. The molecule has 2 heteroatoms. The molecule has 1 atom stereocenters. The molecule has 2 rings (SSSR count). The Morgan fingerprint density at radius 1 is 0.778 bits per heavy atom. The molecule has 0 amide bonds. The Bertz CT molecular complexity index is 497. The minimum atomic E-state index is -1.54. The van der Waals surface area contributed by atoms with Crippen molar-refractivity contribution in [1.29, 1.82) is 0 Å². The van der Waals surface area contributed by atoms with Gasteiger partial charge in [0.25, 0.3) is 0 Å². The molecule has 0 unspecified atom stereocenters. The van der Waals surface area contributed by atoms with E-state index in [0.29, 0.717) is 0 Å². The molecule has 0 aliphatic heterocycles. The van der Waals surface area contributed by atoms with Crippen LogP contribution in [0.5, 0.6) is 0 Å². The Morgan fingerprint density at radius 3 is 1.78 bits per heavy atom. The minimum absolute atomic E-state index is 0.290. The Hall–Kier alpha value is -1.38. The van der Waals surface area contributed by atoms with Crippen molar-refractivity contribution < 1.29 is 5.11 Å². The molecule has 18 heavy (non-hydrogen) atoms. The van der Waals surface area contributed by atoms with Crippen LogP contribution in [0.4, 0.5) is 0 Å². The molecular weight excluding hydrogens is 236 g/mol. The Kier molecular flexibility index (Phi) is 3.69. The van der Waals surface area contributed by atoms with Crippen molar-refractivity contribution in [3.63, 3.8) is 0 Å². The van der Waals surface area contributed by atoms with Gasteiger partial charge in [0.15, 0.2) is 0 Å². The van der Waals surface area contributed by atoms with Crippen molar-refractivity contribution in [1.82, 2.24) is 0 Å². The molecule has 0 aliphatic carbocycles. The lowest BCUT2D eigenvalue weighted by Gasteiger charge is -2.24. The van der Waals surface area contributed by atoms with Crippen LogP contribution in [0.3, 0.4) is 0 Å². The van der Waals surface area contributed by atoms with Crippen molar-refractivity contribution >= 4 is 8.07 Å². The van der Waals surface area contributed by atoms with Gasteiger partial charge in [0.05, 0.1) is 13.8 Å². The van der Waals surface area contributed by atoms with Crippen molar-refractivity contribution in [3.8, 4) is 11.1 Å². The second-order valence-corrected chi connectivity index (χ2v) is 11.0. The average molecular weight is 256 g/mol. The molecule has 0 heterocycles. The highest BCUT2D eigenvalue weighted by Gasteiger charge is 2.25. The van der Waals surface area contributed by atoms with Gasteiger partial charge in [0.1, 0.15) is 0 Å². The van der Waals surface area contributed by atoms with Crippen molar-refractivity contribution in [2.75, 3.05) is 0 Å². The summed E-state index contributed by atoms with van der Waals surface area (Å²) in [6.45, 7) is 6.55. The van der Waals surface area contributed by atoms with Crippen LogP contribution in [-0.2, 0) is 0 Å². The number of aliphatic hydroxyl groups excluding tert-OH is 1. The van der Waals surface area contributed by atoms with Crippen LogP contribution < -0.4 is 0 Å². The first-order chi connectivity index (χ1) is 8.48. The van der Waals surface area contributed by atoms with Crippen molar-refractivity contribution in [2.45, 2.75) is 25.4 Å². The molecule has 94 valence electrons. The van der Waals surface area contributed by atoms with Gasteiger partial charge in [-0.05, 0) is 16.7 Å². The fraction of sp³-hybridized carbons (Fsp3) is 0.250. The lowest BCUT2D eigenvalue weighted by molar-refractivity contribution is 0.250. The van der Waals surface area contributed by atoms with E-state index < -0.39 is 8.07 Å². The summed E-state index contributed by atoms with van der Waals surface area (Å²) in [6, 6.07) is 18.6. The molecule has 2 aromatic carbocycles. The van der Waals surface area contributed by atoms with E-state index in [4.69, 9.17) is 0 Å². The van der Waals surface area contributed by atoms with E-state index >= 15 is 0 Å². The highest BCUT2D eigenvalue weighted by Crippen LogP contribution is 2.26. The molecule has 1 N–H and O–H groups in total. The molecule has 1 nitrogen and oxygen atoms in total. The largest absolute Gasteiger partial charge is 0.392 e. The molecule has 0 radical (unpaired) electrons. The van der Waals surface area contributed by atoms with Crippen LogP contribution in [0.2, 0.25) is 19.6 Å². The van der Waals surface area contributed by atoms with Gasteiger partial charge in [-0.3, -0.25) is 0 Å². The third-order valence-corrected chi connectivity index (χ3v) is 5.13. The second kappa shape index (κ2) is 5.08. The summed E-state index contributed by atoms with van der Waals surface area (Å²) in [6.07, 6.45) is 0. The zero-order valence-electron chi connectivity index (χ0n) is 11.2. The Labute approximate surface area is 110 Å². The van der Waals surface area contributed by atoms with Gasteiger partial charge in [-0.15, -0.1) is 0 Å². The normalized spacial score (nSPS) is 13.3. The van der Waals surface area contributed by atoms with Crippen LogP contribution in [0.25, 0.3) is 11.1 Å². The maximum absolute atomic E-state index is 10.3. The monoisotopic (exact) mass is 256 g/mol. The molecule has 0 aromatic heterocycles. The maximum Gasteiger partial charge on any atom is 0.0838 e. The van der Waals surface area contributed by atoms with Gasteiger partial charge in [-0.2, -0.15) is 0 Å². The topological polar surface area (TPSA) is 20.2 Å². The van der Waals surface area contributed by atoms with Crippen LogP contribution in [0.1, 0.15) is 11.3 Å². The SMILES string of the molecule is C[Si](C)(C)[C@H](O)c1ccc(-c2ccccc2)cc1. The van der Waals surface area contributed by atoms with E-state index in [-0.39, 0.29) is 5.73 Å². The quantitative estimate of drug-likeness (QED) is 0.813. The molecule has 0 spiro atoms. The van der Waals surface area contributed by atoms with E-state index in [2.05, 4.69) is 43.9 Å². The van der Waals surface area contributed by atoms with Crippen LogP contribution in [0.15, 0.2) is 54.6 Å². The number of hydrogen-bond acceptors (Lipinski definition) is 1. The molecule has 0 fully saturated rings. The van der Waals surface area contributed by atoms with Gasteiger partial charge >= 0.3 is 0 Å². The van der Waals surface area contributed by atoms with E-state index in [0.717, 1.165) is 5.56 Å². The second-order valence-electron chi connectivity index (χ2n) is 5.76. The molecular formula is C16H20OSi. The van der Waals surface area contributed by atoms with Crippen molar-refractivity contribution in [3.05, 3.63) is 60.2 Å². The third-order valence-electron chi connectivity index (χ3n) is 3.15. The molecule has 0 aliphatic rings. The summed E-state index contributed by atoms with van der Waals surface area (Å²) in [5.41, 5.74) is 3.16. The summed E-state index contributed by atoms with van der Waals surface area (Å²) in [5.74, 6) is 0. The van der Waals surface area contributed by atoms with Crippen molar-refractivity contribution in [2.24, 2.45) is 0 Å². The van der Waals surface area contributed by atoms with Gasteiger partial charge in [-0.25, -0.2) is 0 Å². The summed E-state index contributed by atoms with van der Waals surface area (Å²) in [5, 5.41) is 10.3. The summed E-state index contributed by atoms with van der Waals surface area (Å²) >= 11 is 0. The predicted octanol–water partition coefficient (Wildman–Crippen LogP) is 4.26. The van der Waals surface area contributed by atoms with Gasteiger partial charge in [0.2, 0.25) is 0 Å². The number of hydrogen-bond donors (Lipinski definition) is 1. The van der Waals surface area contributed by atoms with Gasteiger partial charge in [-0.1, -0.05) is 74.2 Å². The predicted molar refractivity (Wildman–Crippen MR) is 80.2 cm³/mol. The maximum atomic E-state index is 10.3. The highest BCUT2D eigenvalue weighted by molar-refractivity contribution is 6.77. The van der Waals surface area contributed by atoms with E-state index in [1.807, 2.05) is 30.3 Å². The third kappa shape index (κ3) is 2.89. The molecule has 0 bridgehead atoms. The molecule has 0 saturated heterocycles. The van der Waals surface area contributed by atoms with E-state index in [1.165, 1.54) is 11.1 Å². The van der Waals surface area contributed by atoms with Crippen LogP contribution in [-0.4, -0.2) is 13.2 Å². The van der Waals surface area contributed by atoms with Crippen LogP contribution >= 0.6 is 0 Å². The zero-order chi connectivity index (χ0) is 13.2. The lowest BCUT2D eigenvalue weighted by atomic mass is 10.0. The van der Waals surface area contributed by atoms with Gasteiger partial charge in [0, 0.05) is 0 Å². The van der Waals surface area contributed by atoms with Crippen LogP contribution in [0, 0.1) is 0 Å². The summed E-state index contributed by atoms with van der Waals surface area (Å²) < 4.78 is 0. The van der Waals surface area contributed by atoms with E-state index in [9.17, 15) is 5.11 Å². The fourth-order valence-corrected chi connectivity index (χ4v) is 3.18. The van der Waals surface area contributed by atoms with Gasteiger partial charge < -0.3 is 5.11 Å².